The van der Waals surface area contributed by atoms with E-state index in [1.54, 1.807) is 0 Å². The van der Waals surface area contributed by atoms with Crippen molar-refractivity contribution in [2.45, 2.75) is 98.8 Å². The molecule has 1 N–H and O–H groups in total. The van der Waals surface area contributed by atoms with Gasteiger partial charge in [-0.05, 0) is 63.5 Å². The first-order valence-corrected chi connectivity index (χ1v) is 12.7. The van der Waals surface area contributed by atoms with E-state index in [9.17, 15) is 4.79 Å². The quantitative estimate of drug-likeness (QED) is 0.291. The fourth-order valence-corrected chi connectivity index (χ4v) is 4.55. The number of amides is 1. The Kier molecular flexibility index (Phi) is 9.69. The van der Waals surface area contributed by atoms with Gasteiger partial charge >= 0.3 is 0 Å². The van der Waals surface area contributed by atoms with E-state index in [1.165, 1.54) is 22.3 Å². The standard InChI is InChI=1S/C28H41NO2S/c1-10-21-12-11-13-23(18(4)5)28(21)31-32-29-27(30)16-26-24(19(6)7)14-22(17(2)3)15-25(26)20(8)9/h11-15,17-20H,10,16H2,1-9H3,(H,29,30). The third-order valence-corrected chi connectivity index (χ3v) is 6.56. The van der Waals surface area contributed by atoms with Crippen molar-refractivity contribution in [2.75, 3.05) is 0 Å². The minimum atomic E-state index is -0.0313. The van der Waals surface area contributed by atoms with Crippen LogP contribution in [0.1, 0.15) is 119 Å². The Morgan fingerprint density at radius 2 is 1.44 bits per heavy atom. The zero-order chi connectivity index (χ0) is 24.0. The van der Waals surface area contributed by atoms with Crippen LogP contribution in [0.5, 0.6) is 5.75 Å². The molecule has 0 aliphatic heterocycles. The molecule has 0 fully saturated rings. The molecule has 2 rings (SSSR count). The molecule has 1 amide bonds. The number of hydrogen-bond donors (Lipinski definition) is 1. The third kappa shape index (κ3) is 6.54. The van der Waals surface area contributed by atoms with E-state index in [0.717, 1.165) is 35.5 Å². The lowest BCUT2D eigenvalue weighted by molar-refractivity contribution is -0.118. The largest absolute Gasteiger partial charge is 0.405 e. The van der Waals surface area contributed by atoms with Gasteiger partial charge < -0.3 is 4.18 Å². The summed E-state index contributed by atoms with van der Waals surface area (Å²) in [6.07, 6.45) is 1.25. The molecular weight excluding hydrogens is 414 g/mol. The molecule has 0 bridgehead atoms. The second-order valence-corrected chi connectivity index (χ2v) is 10.4. The number of nitrogens with one attached hydrogen (secondary N) is 1. The number of benzene rings is 2. The van der Waals surface area contributed by atoms with Gasteiger partial charge in [-0.2, -0.15) is 0 Å². The lowest BCUT2D eigenvalue weighted by atomic mass is 9.83. The molecule has 0 atom stereocenters. The van der Waals surface area contributed by atoms with Crippen LogP contribution in [0, 0.1) is 0 Å². The molecule has 0 heterocycles. The summed E-state index contributed by atoms with van der Waals surface area (Å²) in [4.78, 5) is 12.9. The number of para-hydroxylation sites is 1. The monoisotopic (exact) mass is 455 g/mol. The van der Waals surface area contributed by atoms with Gasteiger partial charge in [0.1, 0.15) is 5.75 Å². The van der Waals surface area contributed by atoms with Crippen LogP contribution in [0.3, 0.4) is 0 Å². The number of carbonyl (C=O) groups excluding carboxylic acids is 1. The molecule has 32 heavy (non-hydrogen) atoms. The second-order valence-electron chi connectivity index (χ2n) is 9.85. The van der Waals surface area contributed by atoms with E-state index >= 15 is 0 Å². The van der Waals surface area contributed by atoms with Crippen LogP contribution in [0.2, 0.25) is 0 Å². The summed E-state index contributed by atoms with van der Waals surface area (Å²) in [5.74, 6) is 2.39. The summed E-state index contributed by atoms with van der Waals surface area (Å²) in [6, 6.07) is 10.8. The smallest absolute Gasteiger partial charge is 0.236 e. The molecule has 0 spiro atoms. The fraction of sp³-hybridized carbons (Fsp3) is 0.536. The second kappa shape index (κ2) is 11.8. The summed E-state index contributed by atoms with van der Waals surface area (Å²) in [5, 5.41) is 0. The Balaban J connectivity index is 2.21. The average Bonchev–Trinajstić information content (AvgIpc) is 2.72. The van der Waals surface area contributed by atoms with Gasteiger partial charge in [-0.3, -0.25) is 9.52 Å². The van der Waals surface area contributed by atoms with Crippen LogP contribution in [0.15, 0.2) is 30.3 Å². The Labute approximate surface area is 200 Å². The first kappa shape index (κ1) is 26.3. The molecule has 0 saturated heterocycles. The van der Waals surface area contributed by atoms with Crippen LogP contribution >= 0.6 is 12.2 Å². The maximum absolute atomic E-state index is 12.9. The molecule has 0 aliphatic rings. The van der Waals surface area contributed by atoms with Gasteiger partial charge in [0.25, 0.3) is 0 Å². The van der Waals surface area contributed by atoms with Gasteiger partial charge in [-0.1, -0.05) is 92.6 Å². The van der Waals surface area contributed by atoms with Crippen LogP contribution in [0.25, 0.3) is 0 Å². The summed E-state index contributed by atoms with van der Waals surface area (Å²) in [6.45, 7) is 19.7. The van der Waals surface area contributed by atoms with E-state index in [0.29, 0.717) is 30.1 Å². The van der Waals surface area contributed by atoms with Crippen LogP contribution in [-0.4, -0.2) is 5.91 Å². The summed E-state index contributed by atoms with van der Waals surface area (Å²) >= 11 is 1.03. The normalized spacial score (nSPS) is 11.7. The first-order valence-electron chi connectivity index (χ1n) is 12.0. The highest BCUT2D eigenvalue weighted by Crippen LogP contribution is 2.34. The van der Waals surface area contributed by atoms with Crippen LogP contribution in [-0.2, 0) is 17.6 Å². The molecule has 0 aromatic heterocycles. The van der Waals surface area contributed by atoms with E-state index in [4.69, 9.17) is 4.18 Å². The molecule has 4 heteroatoms. The van der Waals surface area contributed by atoms with E-state index in [-0.39, 0.29) is 5.91 Å². The number of hydrogen-bond acceptors (Lipinski definition) is 3. The molecular formula is C28H41NO2S. The minimum Gasteiger partial charge on any atom is -0.405 e. The molecule has 2 aromatic carbocycles. The number of aryl methyl sites for hydroxylation is 1. The SMILES string of the molecule is CCc1cccc(C(C)C)c1OSNC(=O)Cc1c(C(C)C)cc(C(C)C)cc1C(C)C. The lowest BCUT2D eigenvalue weighted by Gasteiger charge is -2.22. The van der Waals surface area contributed by atoms with Crippen molar-refractivity contribution in [1.82, 2.24) is 4.72 Å². The molecule has 2 aromatic rings. The molecule has 0 aliphatic carbocycles. The van der Waals surface area contributed by atoms with Crippen molar-refractivity contribution >= 4 is 18.1 Å². The van der Waals surface area contributed by atoms with Crippen LogP contribution in [0.4, 0.5) is 0 Å². The van der Waals surface area contributed by atoms with Gasteiger partial charge in [-0.25, -0.2) is 0 Å². The van der Waals surface area contributed by atoms with Crippen molar-refractivity contribution in [3.63, 3.8) is 0 Å². The Bertz CT molecular complexity index is 887. The van der Waals surface area contributed by atoms with Gasteiger partial charge in [0.15, 0.2) is 12.2 Å². The molecule has 0 saturated carbocycles. The van der Waals surface area contributed by atoms with E-state index < -0.39 is 0 Å². The number of carbonyl (C=O) groups is 1. The first-order chi connectivity index (χ1) is 15.1. The Morgan fingerprint density at radius 1 is 0.875 bits per heavy atom. The fourth-order valence-electron chi connectivity index (χ4n) is 4.05. The van der Waals surface area contributed by atoms with Crippen molar-refractivity contribution in [3.8, 4) is 5.75 Å². The topological polar surface area (TPSA) is 38.3 Å². The highest BCUT2D eigenvalue weighted by atomic mass is 32.2. The van der Waals surface area contributed by atoms with Gasteiger partial charge in [0, 0.05) is 0 Å². The summed E-state index contributed by atoms with van der Waals surface area (Å²) in [5.41, 5.74) is 7.38. The predicted octanol–water partition coefficient (Wildman–Crippen LogP) is 8.04. The predicted molar refractivity (Wildman–Crippen MR) is 139 cm³/mol. The molecule has 0 unspecified atom stereocenters. The van der Waals surface area contributed by atoms with Crippen LogP contribution < -0.4 is 8.91 Å². The van der Waals surface area contributed by atoms with Crippen molar-refractivity contribution < 1.29 is 8.98 Å². The van der Waals surface area contributed by atoms with Gasteiger partial charge in [-0.15, -0.1) is 0 Å². The zero-order valence-electron chi connectivity index (χ0n) is 21.3. The highest BCUT2D eigenvalue weighted by molar-refractivity contribution is 7.93. The van der Waals surface area contributed by atoms with Gasteiger partial charge in [0.2, 0.25) is 5.91 Å². The Morgan fingerprint density at radius 3 is 1.91 bits per heavy atom. The maximum Gasteiger partial charge on any atom is 0.236 e. The number of rotatable bonds is 10. The zero-order valence-corrected chi connectivity index (χ0v) is 22.2. The van der Waals surface area contributed by atoms with Crippen molar-refractivity contribution in [3.05, 3.63) is 63.7 Å². The van der Waals surface area contributed by atoms with E-state index in [1.807, 2.05) is 0 Å². The molecule has 0 radical (unpaired) electrons. The molecule has 3 nitrogen and oxygen atoms in total. The average molecular weight is 456 g/mol. The van der Waals surface area contributed by atoms with Crippen molar-refractivity contribution in [1.29, 1.82) is 0 Å². The Hall–Kier alpha value is -1.94. The highest BCUT2D eigenvalue weighted by Gasteiger charge is 2.20. The maximum atomic E-state index is 12.9. The van der Waals surface area contributed by atoms with Gasteiger partial charge in [0.05, 0.1) is 6.42 Å². The van der Waals surface area contributed by atoms with E-state index in [2.05, 4.69) is 97.4 Å². The summed E-state index contributed by atoms with van der Waals surface area (Å²) in [7, 11) is 0. The molecule has 176 valence electrons. The minimum absolute atomic E-state index is 0.0313. The lowest BCUT2D eigenvalue weighted by Crippen LogP contribution is -2.22. The van der Waals surface area contributed by atoms with Crippen molar-refractivity contribution in [2.24, 2.45) is 0 Å². The summed E-state index contributed by atoms with van der Waals surface area (Å²) < 4.78 is 8.94. The third-order valence-electron chi connectivity index (χ3n) is 6.00.